The van der Waals surface area contributed by atoms with E-state index >= 15 is 0 Å². The molecule has 1 aromatic heterocycles. The lowest BCUT2D eigenvalue weighted by molar-refractivity contribution is 0.0931. The van der Waals surface area contributed by atoms with Crippen molar-refractivity contribution in [1.29, 1.82) is 0 Å². The molecule has 1 unspecified atom stereocenters. The quantitative estimate of drug-likeness (QED) is 0.687. The Morgan fingerprint density at radius 3 is 2.70 bits per heavy atom. The molecular formula is C22H20N2O2S. The Balaban J connectivity index is 1.48. The van der Waals surface area contributed by atoms with Crippen molar-refractivity contribution in [2.24, 2.45) is 0 Å². The van der Waals surface area contributed by atoms with Gasteiger partial charge in [-0.25, -0.2) is 0 Å². The van der Waals surface area contributed by atoms with Gasteiger partial charge in [0.25, 0.3) is 11.8 Å². The van der Waals surface area contributed by atoms with Crippen LogP contribution in [0.1, 0.15) is 50.0 Å². The minimum absolute atomic E-state index is 0.0341. The summed E-state index contributed by atoms with van der Waals surface area (Å²) in [7, 11) is 0. The number of rotatable bonds is 4. The number of carbonyl (C=O) groups is 2. The van der Waals surface area contributed by atoms with Crippen molar-refractivity contribution in [2.45, 2.75) is 25.3 Å². The van der Waals surface area contributed by atoms with Gasteiger partial charge in [0.05, 0.1) is 10.9 Å². The summed E-state index contributed by atoms with van der Waals surface area (Å²) in [5, 5.41) is 7.86. The number of amides is 2. The minimum Gasteiger partial charge on any atom is -0.345 e. The number of anilines is 1. The number of benzene rings is 2. The lowest BCUT2D eigenvalue weighted by Crippen LogP contribution is -2.31. The molecule has 0 bridgehead atoms. The van der Waals surface area contributed by atoms with E-state index in [4.69, 9.17) is 0 Å². The minimum atomic E-state index is -0.163. The number of hydrogen-bond acceptors (Lipinski definition) is 3. The topological polar surface area (TPSA) is 58.2 Å². The molecule has 2 aromatic carbocycles. The molecule has 4 nitrogen and oxygen atoms in total. The average Bonchev–Trinajstić information content (AvgIpc) is 3.23. The van der Waals surface area contributed by atoms with Gasteiger partial charge in [-0.1, -0.05) is 36.4 Å². The van der Waals surface area contributed by atoms with Gasteiger partial charge >= 0.3 is 0 Å². The third-order valence-corrected chi connectivity index (χ3v) is 5.67. The van der Waals surface area contributed by atoms with Crippen molar-refractivity contribution < 1.29 is 9.59 Å². The van der Waals surface area contributed by atoms with Gasteiger partial charge < -0.3 is 10.6 Å². The Morgan fingerprint density at radius 1 is 0.963 bits per heavy atom. The number of hydrogen-bond donors (Lipinski definition) is 2. The Hall–Kier alpha value is -2.92. The third-order valence-electron chi connectivity index (χ3n) is 4.80. The molecule has 0 saturated carbocycles. The highest BCUT2D eigenvalue weighted by atomic mass is 32.1. The van der Waals surface area contributed by atoms with Crippen LogP contribution in [0.5, 0.6) is 0 Å². The largest absolute Gasteiger partial charge is 0.345 e. The second-order valence-corrected chi connectivity index (χ2v) is 7.58. The van der Waals surface area contributed by atoms with E-state index in [9.17, 15) is 9.59 Å². The lowest BCUT2D eigenvalue weighted by Gasteiger charge is -2.26. The zero-order valence-electron chi connectivity index (χ0n) is 14.8. The SMILES string of the molecule is O=C(NC1CCCc2ccccc21)c1cccc(NC(=O)c2cccs2)c1. The summed E-state index contributed by atoms with van der Waals surface area (Å²) in [6.45, 7) is 0. The number of fused-ring (bicyclic) bond motifs is 1. The van der Waals surface area contributed by atoms with E-state index < -0.39 is 0 Å². The van der Waals surface area contributed by atoms with Crippen LogP contribution in [0.2, 0.25) is 0 Å². The first kappa shape index (κ1) is 17.5. The number of carbonyl (C=O) groups excluding carboxylic acids is 2. The fourth-order valence-corrected chi connectivity index (χ4v) is 4.10. The molecular weight excluding hydrogens is 356 g/mol. The Bertz CT molecular complexity index is 966. The first-order valence-corrected chi connectivity index (χ1v) is 9.92. The van der Waals surface area contributed by atoms with Crippen molar-refractivity contribution in [2.75, 3.05) is 5.32 Å². The monoisotopic (exact) mass is 376 g/mol. The Morgan fingerprint density at radius 2 is 1.85 bits per heavy atom. The second kappa shape index (κ2) is 7.76. The van der Waals surface area contributed by atoms with Gasteiger partial charge in [0, 0.05) is 11.3 Å². The van der Waals surface area contributed by atoms with Gasteiger partial charge in [0.2, 0.25) is 0 Å². The molecule has 2 N–H and O–H groups in total. The molecule has 1 aliphatic carbocycles. The summed E-state index contributed by atoms with van der Waals surface area (Å²) < 4.78 is 0. The molecule has 0 spiro atoms. The molecule has 4 rings (SSSR count). The maximum atomic E-state index is 12.8. The molecule has 2 amide bonds. The molecule has 1 atom stereocenters. The fourth-order valence-electron chi connectivity index (χ4n) is 3.48. The normalized spacial score (nSPS) is 15.6. The fraction of sp³-hybridized carbons (Fsp3) is 0.182. The van der Waals surface area contributed by atoms with Crippen LogP contribution < -0.4 is 10.6 Å². The highest BCUT2D eigenvalue weighted by Crippen LogP contribution is 2.29. The van der Waals surface area contributed by atoms with Crippen molar-refractivity contribution in [1.82, 2.24) is 5.32 Å². The molecule has 0 fully saturated rings. The van der Waals surface area contributed by atoms with E-state index in [0.717, 1.165) is 19.3 Å². The van der Waals surface area contributed by atoms with E-state index in [0.29, 0.717) is 16.1 Å². The second-order valence-electron chi connectivity index (χ2n) is 6.63. The van der Waals surface area contributed by atoms with Gasteiger partial charge in [-0.2, -0.15) is 0 Å². The first-order chi connectivity index (χ1) is 13.2. The van der Waals surface area contributed by atoms with Crippen LogP contribution in [0.4, 0.5) is 5.69 Å². The number of aryl methyl sites for hydroxylation is 1. The van der Waals surface area contributed by atoms with Gasteiger partial charge in [0.15, 0.2) is 0 Å². The summed E-state index contributed by atoms with van der Waals surface area (Å²) in [5.41, 5.74) is 3.68. The van der Waals surface area contributed by atoms with Crippen LogP contribution in [-0.2, 0) is 6.42 Å². The standard InChI is InChI=1S/C22H20N2O2S/c25-21(24-19-11-4-7-15-6-1-2-10-18(15)19)16-8-3-9-17(14-16)23-22(26)20-12-5-13-27-20/h1-3,5-6,8-10,12-14,19H,4,7,11H2,(H,23,26)(H,24,25). The third kappa shape index (κ3) is 3.93. The van der Waals surface area contributed by atoms with Gasteiger partial charge in [-0.15, -0.1) is 11.3 Å². The zero-order chi connectivity index (χ0) is 18.6. The van der Waals surface area contributed by atoms with Crippen LogP contribution in [0.25, 0.3) is 0 Å². The molecule has 0 saturated heterocycles. The van der Waals surface area contributed by atoms with Crippen LogP contribution in [0.15, 0.2) is 66.0 Å². The van der Waals surface area contributed by atoms with Crippen molar-refractivity contribution in [3.05, 3.63) is 87.6 Å². The van der Waals surface area contributed by atoms with Crippen molar-refractivity contribution >= 4 is 28.8 Å². The summed E-state index contributed by atoms with van der Waals surface area (Å²) in [5.74, 6) is -0.285. The first-order valence-electron chi connectivity index (χ1n) is 9.04. The summed E-state index contributed by atoms with van der Waals surface area (Å²) >= 11 is 1.39. The van der Waals surface area contributed by atoms with E-state index in [1.165, 1.54) is 22.5 Å². The molecule has 27 heavy (non-hydrogen) atoms. The van der Waals surface area contributed by atoms with Gasteiger partial charge in [-0.05, 0) is 60.0 Å². The average molecular weight is 376 g/mol. The molecule has 3 aromatic rings. The number of nitrogens with one attached hydrogen (secondary N) is 2. The lowest BCUT2D eigenvalue weighted by atomic mass is 9.87. The van der Waals surface area contributed by atoms with Crippen molar-refractivity contribution in [3.63, 3.8) is 0 Å². The van der Waals surface area contributed by atoms with Crippen LogP contribution in [0, 0.1) is 0 Å². The molecule has 5 heteroatoms. The van der Waals surface area contributed by atoms with Gasteiger partial charge in [-0.3, -0.25) is 9.59 Å². The summed E-state index contributed by atoms with van der Waals surface area (Å²) in [4.78, 5) is 25.6. The zero-order valence-corrected chi connectivity index (χ0v) is 15.6. The predicted molar refractivity (Wildman–Crippen MR) is 108 cm³/mol. The maximum absolute atomic E-state index is 12.8. The van der Waals surface area contributed by atoms with E-state index in [1.54, 1.807) is 30.3 Å². The Labute approximate surface area is 162 Å². The Kier molecular flexibility index (Phi) is 5.03. The number of thiophene rings is 1. The van der Waals surface area contributed by atoms with Gasteiger partial charge in [0.1, 0.15) is 0 Å². The smallest absolute Gasteiger partial charge is 0.265 e. The molecule has 1 aliphatic rings. The summed E-state index contributed by atoms with van der Waals surface area (Å²) in [6, 6.07) is 19.0. The predicted octanol–water partition coefficient (Wildman–Crippen LogP) is 4.81. The molecule has 0 aliphatic heterocycles. The van der Waals surface area contributed by atoms with Crippen LogP contribution >= 0.6 is 11.3 Å². The summed E-state index contributed by atoms with van der Waals surface area (Å²) in [6.07, 6.45) is 3.07. The van der Waals surface area contributed by atoms with E-state index in [2.05, 4.69) is 22.8 Å². The van der Waals surface area contributed by atoms with E-state index in [1.807, 2.05) is 23.6 Å². The molecule has 0 radical (unpaired) electrons. The van der Waals surface area contributed by atoms with E-state index in [-0.39, 0.29) is 17.9 Å². The molecule has 136 valence electrons. The highest BCUT2D eigenvalue weighted by Gasteiger charge is 2.22. The van der Waals surface area contributed by atoms with Crippen LogP contribution in [-0.4, -0.2) is 11.8 Å². The molecule has 1 heterocycles. The maximum Gasteiger partial charge on any atom is 0.265 e. The van der Waals surface area contributed by atoms with Crippen molar-refractivity contribution in [3.8, 4) is 0 Å². The van der Waals surface area contributed by atoms with Crippen LogP contribution in [0.3, 0.4) is 0 Å². The highest BCUT2D eigenvalue weighted by molar-refractivity contribution is 7.12.